The van der Waals surface area contributed by atoms with Crippen LogP contribution >= 0.6 is 58.5 Å². The van der Waals surface area contributed by atoms with Crippen molar-refractivity contribution >= 4 is 70.3 Å². The fourth-order valence-electron chi connectivity index (χ4n) is 1.09. The fraction of sp³-hybridized carbons (Fsp3) is 0.250. The first-order valence-electron chi connectivity index (χ1n) is 5.67. The van der Waals surface area contributed by atoms with Gasteiger partial charge in [0.05, 0.1) is 5.75 Å². The Hall–Kier alpha value is -0.780. The lowest BCUT2D eigenvalue weighted by atomic mass is 10.4. The summed E-state index contributed by atoms with van der Waals surface area (Å²) >= 11 is 18.6. The first-order chi connectivity index (χ1) is 10.3. The van der Waals surface area contributed by atoms with Crippen molar-refractivity contribution in [2.24, 2.45) is 5.16 Å². The molecule has 0 saturated heterocycles. The average Bonchev–Trinajstić information content (AvgIpc) is 2.46. The van der Waals surface area contributed by atoms with Gasteiger partial charge in [-0.3, -0.25) is 4.84 Å². The van der Waals surface area contributed by atoms with E-state index in [0.29, 0.717) is 11.9 Å². The summed E-state index contributed by atoms with van der Waals surface area (Å²) in [7, 11) is 1.36. The van der Waals surface area contributed by atoms with Crippen LogP contribution < -0.4 is 0 Å². The highest BCUT2D eigenvalue weighted by molar-refractivity contribution is 8.03. The van der Waals surface area contributed by atoms with E-state index in [9.17, 15) is 4.79 Å². The van der Waals surface area contributed by atoms with Crippen LogP contribution in [0.4, 0.5) is 4.79 Å². The number of rotatable bonds is 5. The maximum absolute atomic E-state index is 11.6. The smallest absolute Gasteiger partial charge is 0.296 e. The average molecular weight is 399 g/mol. The maximum Gasteiger partial charge on any atom is 0.445 e. The highest BCUT2D eigenvalue weighted by Crippen LogP contribution is 2.40. The number of nitriles is 1. The van der Waals surface area contributed by atoms with E-state index in [-0.39, 0.29) is 11.5 Å². The number of alkyl halides is 3. The molecule has 118 valence electrons. The molecular weight excluding hydrogens is 389 g/mol. The maximum atomic E-state index is 11.6. The number of carbonyl (C=O) groups is 1. The van der Waals surface area contributed by atoms with E-state index in [2.05, 4.69) is 9.99 Å². The van der Waals surface area contributed by atoms with Crippen LogP contribution in [0.5, 0.6) is 0 Å². The SMILES string of the molecule is CN(SC(Cl)(Cl)Cl)C(=O)ON=C(C#N)CSc1ccccc1. The Morgan fingerprint density at radius 2 is 2.05 bits per heavy atom. The number of amides is 1. The lowest BCUT2D eigenvalue weighted by Gasteiger charge is -2.17. The van der Waals surface area contributed by atoms with Gasteiger partial charge in [0, 0.05) is 23.9 Å². The van der Waals surface area contributed by atoms with Gasteiger partial charge in [0.1, 0.15) is 6.07 Å². The molecule has 0 bridgehead atoms. The van der Waals surface area contributed by atoms with Crippen LogP contribution in [-0.4, -0.2) is 32.0 Å². The van der Waals surface area contributed by atoms with Crippen LogP contribution in [0.3, 0.4) is 0 Å². The third-order valence-electron chi connectivity index (χ3n) is 1.98. The van der Waals surface area contributed by atoms with Gasteiger partial charge >= 0.3 is 6.09 Å². The zero-order valence-corrected chi connectivity index (χ0v) is 15.1. The van der Waals surface area contributed by atoms with Crippen LogP contribution in [0.2, 0.25) is 0 Å². The van der Waals surface area contributed by atoms with Crippen LogP contribution in [0.25, 0.3) is 0 Å². The second-order valence-electron chi connectivity index (χ2n) is 3.64. The van der Waals surface area contributed by atoms with Crippen molar-refractivity contribution in [1.29, 1.82) is 5.26 Å². The van der Waals surface area contributed by atoms with Crippen molar-refractivity contribution in [3.05, 3.63) is 30.3 Å². The zero-order valence-electron chi connectivity index (χ0n) is 11.2. The number of hydrogen-bond donors (Lipinski definition) is 0. The highest BCUT2D eigenvalue weighted by atomic mass is 35.6. The standard InChI is InChI=1S/C12H10Cl3N3O2S2/c1-18(22-12(13,14)15)11(19)20-17-9(7-16)8-21-10-5-3-2-4-6-10/h2-6H,8H2,1H3. The first-order valence-corrected chi connectivity index (χ1v) is 8.56. The van der Waals surface area contributed by atoms with Crippen molar-refractivity contribution in [2.45, 2.75) is 8.02 Å². The third kappa shape index (κ3) is 8.01. The normalized spacial score (nSPS) is 11.7. The van der Waals surface area contributed by atoms with Crippen LogP contribution in [0, 0.1) is 11.3 Å². The number of thioether (sulfide) groups is 1. The van der Waals surface area contributed by atoms with Gasteiger partial charge in [0.15, 0.2) is 5.71 Å². The molecule has 1 aromatic rings. The molecule has 22 heavy (non-hydrogen) atoms. The predicted octanol–water partition coefficient (Wildman–Crippen LogP) is 4.70. The summed E-state index contributed by atoms with van der Waals surface area (Å²) in [4.78, 5) is 17.2. The van der Waals surface area contributed by atoms with Crippen LogP contribution in [0.15, 0.2) is 40.4 Å². The number of hydrogen-bond acceptors (Lipinski definition) is 6. The van der Waals surface area contributed by atoms with Crippen molar-refractivity contribution in [3.63, 3.8) is 0 Å². The van der Waals surface area contributed by atoms with Gasteiger partial charge in [-0.2, -0.15) is 5.26 Å². The molecule has 1 rings (SSSR count). The van der Waals surface area contributed by atoms with Crippen molar-refractivity contribution in [3.8, 4) is 6.07 Å². The van der Waals surface area contributed by atoms with E-state index in [4.69, 9.17) is 40.1 Å². The Morgan fingerprint density at radius 3 is 2.59 bits per heavy atom. The van der Waals surface area contributed by atoms with E-state index in [0.717, 1.165) is 9.20 Å². The molecule has 0 aliphatic rings. The Kier molecular flexibility index (Phi) is 8.21. The van der Waals surface area contributed by atoms with Gasteiger partial charge in [-0.15, -0.1) is 11.8 Å². The van der Waals surface area contributed by atoms with Gasteiger partial charge in [-0.05, 0) is 12.1 Å². The topological polar surface area (TPSA) is 65.7 Å². The molecule has 0 spiro atoms. The van der Waals surface area contributed by atoms with Crippen LogP contribution in [-0.2, 0) is 4.84 Å². The minimum absolute atomic E-state index is 0.0643. The first kappa shape index (κ1) is 19.3. The molecule has 0 radical (unpaired) electrons. The monoisotopic (exact) mass is 397 g/mol. The molecule has 10 heteroatoms. The largest absolute Gasteiger partial charge is 0.445 e. The Labute approximate surface area is 151 Å². The van der Waals surface area contributed by atoms with Crippen LogP contribution in [0.1, 0.15) is 0 Å². The van der Waals surface area contributed by atoms with Gasteiger partial charge in [-0.25, -0.2) is 9.10 Å². The number of halogens is 3. The summed E-state index contributed by atoms with van der Waals surface area (Å²) in [5, 5.41) is 12.5. The summed E-state index contributed by atoms with van der Waals surface area (Å²) < 4.78 is -0.728. The Morgan fingerprint density at radius 1 is 1.41 bits per heavy atom. The van der Waals surface area contributed by atoms with E-state index < -0.39 is 9.22 Å². The summed E-state index contributed by atoms with van der Waals surface area (Å²) in [6.45, 7) is 0. The summed E-state index contributed by atoms with van der Waals surface area (Å²) in [6.07, 6.45) is -0.853. The zero-order chi connectivity index (χ0) is 16.6. The number of nitrogens with zero attached hydrogens (tertiary/aromatic N) is 3. The van der Waals surface area contributed by atoms with Crippen molar-refractivity contribution < 1.29 is 9.63 Å². The van der Waals surface area contributed by atoms with Crippen molar-refractivity contribution in [1.82, 2.24) is 4.31 Å². The summed E-state index contributed by atoms with van der Waals surface area (Å²) in [6, 6.07) is 11.3. The Balaban J connectivity index is 2.51. The molecule has 0 heterocycles. The molecule has 1 aromatic carbocycles. The lowest BCUT2D eigenvalue weighted by Crippen LogP contribution is -2.22. The summed E-state index contributed by atoms with van der Waals surface area (Å²) in [5.74, 6) is 0.273. The molecule has 1 amide bonds. The molecule has 0 aromatic heterocycles. The molecule has 0 N–H and O–H groups in total. The number of carbonyl (C=O) groups excluding carboxylic acids is 1. The second-order valence-corrected chi connectivity index (χ2v) is 8.99. The van der Waals surface area contributed by atoms with Crippen molar-refractivity contribution in [2.75, 3.05) is 12.8 Å². The van der Waals surface area contributed by atoms with Gasteiger partial charge in [-0.1, -0.05) is 58.2 Å². The van der Waals surface area contributed by atoms with Gasteiger partial charge < -0.3 is 0 Å². The molecular formula is C12H10Cl3N3O2S2. The minimum atomic E-state index is -1.70. The van der Waals surface area contributed by atoms with E-state index in [1.165, 1.54) is 18.8 Å². The second kappa shape index (κ2) is 9.38. The number of benzene rings is 1. The summed E-state index contributed by atoms with van der Waals surface area (Å²) in [5.41, 5.74) is 0.0643. The fourth-order valence-corrected chi connectivity index (χ4v) is 3.21. The van der Waals surface area contributed by atoms with E-state index >= 15 is 0 Å². The molecule has 0 fully saturated rings. The van der Waals surface area contributed by atoms with Gasteiger partial charge in [0.2, 0.25) is 0 Å². The molecule has 5 nitrogen and oxygen atoms in total. The molecule has 0 unspecified atom stereocenters. The molecule has 0 atom stereocenters. The Bertz CT molecular complexity index is 573. The predicted molar refractivity (Wildman–Crippen MR) is 92.3 cm³/mol. The van der Waals surface area contributed by atoms with Gasteiger partial charge in [0.25, 0.3) is 3.12 Å². The quantitative estimate of drug-likeness (QED) is 0.179. The lowest BCUT2D eigenvalue weighted by molar-refractivity contribution is 0.137. The highest BCUT2D eigenvalue weighted by Gasteiger charge is 2.27. The number of oxime groups is 1. The van der Waals surface area contributed by atoms with E-state index in [1.54, 1.807) is 0 Å². The molecule has 0 saturated carbocycles. The minimum Gasteiger partial charge on any atom is -0.296 e. The third-order valence-corrected chi connectivity index (χ3v) is 4.25. The van der Waals surface area contributed by atoms with E-state index in [1.807, 2.05) is 36.4 Å². The molecule has 0 aliphatic heterocycles. The molecule has 0 aliphatic carbocycles.